The van der Waals surface area contributed by atoms with Crippen molar-refractivity contribution in [3.8, 4) is 0 Å². The molecule has 192 valence electrons. The Balaban J connectivity index is 5.52. The van der Waals surface area contributed by atoms with Gasteiger partial charge in [-0.2, -0.15) is 0 Å². The first-order chi connectivity index (χ1) is 15.6. The van der Waals surface area contributed by atoms with Gasteiger partial charge in [0.2, 0.25) is 23.6 Å². The molecule has 0 aromatic carbocycles. The molecule has 0 aliphatic rings. The van der Waals surface area contributed by atoms with Crippen LogP contribution < -0.4 is 27.4 Å². The molecule has 0 bridgehead atoms. The van der Waals surface area contributed by atoms with Gasteiger partial charge >= 0.3 is 17.9 Å². The summed E-state index contributed by atoms with van der Waals surface area (Å²) in [5, 5.41) is 33.4. The molecule has 15 heteroatoms. The number of nitrogens with one attached hydrogen (secondary N) is 3. The standard InChI is InChI=1S/C19H31N5O10/c1-8(2)5-10(17(31)24-12(19(33)34)7-15(28)29)23-18(32)11(6-14(26)27)22-16(30)9(20)3-4-13(21)25/h8-12H,3-7,20H2,1-2H3,(H2,21,25)(H,22,30)(H,23,32)(H,24,31)(H,26,27)(H,28,29)(H,33,34). The average Bonchev–Trinajstić information content (AvgIpc) is 2.68. The fourth-order valence-electron chi connectivity index (χ4n) is 2.71. The normalized spacial score (nSPS) is 14.2. The van der Waals surface area contributed by atoms with Crippen molar-refractivity contribution >= 4 is 41.5 Å². The lowest BCUT2D eigenvalue weighted by Gasteiger charge is -2.25. The first-order valence-electron chi connectivity index (χ1n) is 10.2. The molecule has 0 fully saturated rings. The van der Waals surface area contributed by atoms with Crippen molar-refractivity contribution in [1.82, 2.24) is 16.0 Å². The van der Waals surface area contributed by atoms with Crippen molar-refractivity contribution < 1.29 is 48.9 Å². The van der Waals surface area contributed by atoms with Gasteiger partial charge in [-0.3, -0.25) is 28.8 Å². The molecule has 0 aliphatic heterocycles. The van der Waals surface area contributed by atoms with Crippen molar-refractivity contribution in [2.24, 2.45) is 17.4 Å². The Labute approximate surface area is 194 Å². The molecule has 15 nitrogen and oxygen atoms in total. The van der Waals surface area contributed by atoms with Gasteiger partial charge in [0.15, 0.2) is 0 Å². The second kappa shape index (κ2) is 14.4. The highest BCUT2D eigenvalue weighted by Crippen LogP contribution is 2.08. The van der Waals surface area contributed by atoms with Crippen molar-refractivity contribution in [2.75, 3.05) is 0 Å². The van der Waals surface area contributed by atoms with Crippen LogP contribution in [0.1, 0.15) is 46.0 Å². The smallest absolute Gasteiger partial charge is 0.326 e. The highest BCUT2D eigenvalue weighted by Gasteiger charge is 2.32. The summed E-state index contributed by atoms with van der Waals surface area (Å²) < 4.78 is 0. The van der Waals surface area contributed by atoms with Crippen LogP contribution >= 0.6 is 0 Å². The number of hydrogen-bond acceptors (Lipinski definition) is 8. The summed E-state index contributed by atoms with van der Waals surface area (Å²) >= 11 is 0. The van der Waals surface area contributed by atoms with E-state index in [0.29, 0.717) is 0 Å². The number of amides is 4. The lowest BCUT2D eigenvalue weighted by Crippen LogP contribution is -2.57. The van der Waals surface area contributed by atoms with E-state index in [1.165, 1.54) is 0 Å². The zero-order chi connectivity index (χ0) is 26.6. The average molecular weight is 489 g/mol. The number of hydrogen-bond donors (Lipinski definition) is 8. The van der Waals surface area contributed by atoms with E-state index in [9.17, 15) is 33.6 Å². The summed E-state index contributed by atoms with van der Waals surface area (Å²) in [6.07, 6.45) is -2.16. The molecule has 4 amide bonds. The number of rotatable bonds is 16. The molecule has 34 heavy (non-hydrogen) atoms. The molecule has 0 radical (unpaired) electrons. The maximum atomic E-state index is 12.7. The van der Waals surface area contributed by atoms with E-state index in [0.717, 1.165) is 0 Å². The fraction of sp³-hybridized carbons (Fsp3) is 0.632. The van der Waals surface area contributed by atoms with Gasteiger partial charge < -0.3 is 42.7 Å². The molecule has 0 saturated heterocycles. The predicted molar refractivity (Wildman–Crippen MR) is 114 cm³/mol. The summed E-state index contributed by atoms with van der Waals surface area (Å²) in [7, 11) is 0. The Bertz CT molecular complexity index is 800. The molecule has 0 aliphatic carbocycles. The number of nitrogens with two attached hydrogens (primary N) is 2. The summed E-state index contributed by atoms with van der Waals surface area (Å²) in [5.74, 6) is -8.46. The molecular formula is C19H31N5O10. The zero-order valence-electron chi connectivity index (χ0n) is 18.8. The summed E-state index contributed by atoms with van der Waals surface area (Å²) in [6.45, 7) is 3.37. The minimum Gasteiger partial charge on any atom is -0.481 e. The van der Waals surface area contributed by atoms with E-state index in [1.54, 1.807) is 13.8 Å². The Morgan fingerprint density at radius 2 is 1.18 bits per heavy atom. The largest absolute Gasteiger partial charge is 0.481 e. The van der Waals surface area contributed by atoms with Gasteiger partial charge in [0.1, 0.15) is 18.1 Å². The van der Waals surface area contributed by atoms with Crippen LogP contribution in [-0.4, -0.2) is 81.0 Å². The van der Waals surface area contributed by atoms with Crippen LogP contribution in [-0.2, 0) is 33.6 Å². The van der Waals surface area contributed by atoms with E-state index in [2.05, 4.69) is 10.6 Å². The van der Waals surface area contributed by atoms with Crippen LogP contribution in [0.4, 0.5) is 0 Å². The van der Waals surface area contributed by atoms with Gasteiger partial charge in [-0.1, -0.05) is 13.8 Å². The van der Waals surface area contributed by atoms with Crippen molar-refractivity contribution in [1.29, 1.82) is 0 Å². The molecule has 0 aromatic rings. The number of carbonyl (C=O) groups is 7. The molecule has 4 unspecified atom stereocenters. The minimum atomic E-state index is -1.77. The first-order valence-corrected chi connectivity index (χ1v) is 10.2. The molecule has 0 rings (SSSR count). The molecule has 4 atom stereocenters. The van der Waals surface area contributed by atoms with Gasteiger partial charge in [0, 0.05) is 6.42 Å². The van der Waals surface area contributed by atoms with Gasteiger partial charge in [-0.05, 0) is 18.8 Å². The highest BCUT2D eigenvalue weighted by molar-refractivity contribution is 5.96. The summed E-state index contributed by atoms with van der Waals surface area (Å²) in [5.41, 5.74) is 10.6. The van der Waals surface area contributed by atoms with Crippen molar-refractivity contribution in [3.63, 3.8) is 0 Å². The van der Waals surface area contributed by atoms with E-state index in [4.69, 9.17) is 26.8 Å². The lowest BCUT2D eigenvalue weighted by atomic mass is 10.0. The lowest BCUT2D eigenvalue weighted by molar-refractivity contribution is -0.147. The molecule has 0 heterocycles. The van der Waals surface area contributed by atoms with Crippen molar-refractivity contribution in [3.05, 3.63) is 0 Å². The van der Waals surface area contributed by atoms with Crippen LogP contribution in [0, 0.1) is 5.92 Å². The fourth-order valence-corrected chi connectivity index (χ4v) is 2.71. The Hall–Kier alpha value is -3.75. The monoisotopic (exact) mass is 489 g/mol. The van der Waals surface area contributed by atoms with E-state index in [1.807, 2.05) is 5.32 Å². The van der Waals surface area contributed by atoms with Crippen molar-refractivity contribution in [2.45, 2.75) is 70.1 Å². The Kier molecular flexibility index (Phi) is 12.8. The van der Waals surface area contributed by atoms with Crippen LogP contribution in [0.15, 0.2) is 0 Å². The van der Waals surface area contributed by atoms with E-state index >= 15 is 0 Å². The summed E-state index contributed by atoms with van der Waals surface area (Å²) in [6, 6.07) is -6.05. The molecular weight excluding hydrogens is 458 g/mol. The maximum absolute atomic E-state index is 12.7. The molecule has 10 N–H and O–H groups in total. The van der Waals surface area contributed by atoms with Gasteiger partial charge in [-0.15, -0.1) is 0 Å². The number of primary amides is 1. The third-order valence-electron chi connectivity index (χ3n) is 4.38. The predicted octanol–water partition coefficient (Wildman–Crippen LogP) is -2.89. The van der Waals surface area contributed by atoms with E-state index in [-0.39, 0.29) is 25.2 Å². The third-order valence-corrected chi connectivity index (χ3v) is 4.38. The van der Waals surface area contributed by atoms with Crippen LogP contribution in [0.3, 0.4) is 0 Å². The number of carboxylic acid groups (broad SMARTS) is 3. The van der Waals surface area contributed by atoms with Gasteiger partial charge in [0.25, 0.3) is 0 Å². The Morgan fingerprint density at radius 1 is 0.735 bits per heavy atom. The first kappa shape index (κ1) is 30.2. The topological polar surface area (TPSA) is 268 Å². The molecule has 0 aromatic heterocycles. The SMILES string of the molecule is CC(C)CC(NC(=O)C(CC(=O)O)NC(=O)C(N)CCC(N)=O)C(=O)NC(CC(=O)O)C(=O)O. The number of carbonyl (C=O) groups excluding carboxylic acids is 4. The van der Waals surface area contributed by atoms with Crippen LogP contribution in [0.5, 0.6) is 0 Å². The quantitative estimate of drug-likeness (QED) is 0.109. The second-order valence-electron chi connectivity index (χ2n) is 7.96. The van der Waals surface area contributed by atoms with Crippen LogP contribution in [0.25, 0.3) is 0 Å². The summed E-state index contributed by atoms with van der Waals surface area (Å²) in [4.78, 5) is 81.6. The zero-order valence-corrected chi connectivity index (χ0v) is 18.8. The maximum Gasteiger partial charge on any atom is 0.326 e. The second-order valence-corrected chi connectivity index (χ2v) is 7.96. The van der Waals surface area contributed by atoms with Crippen LogP contribution in [0.2, 0.25) is 0 Å². The van der Waals surface area contributed by atoms with E-state index < -0.39 is 78.5 Å². The highest BCUT2D eigenvalue weighted by atomic mass is 16.4. The number of aliphatic carboxylic acids is 3. The third kappa shape index (κ3) is 12.3. The molecule has 0 spiro atoms. The van der Waals surface area contributed by atoms with Gasteiger partial charge in [0.05, 0.1) is 18.9 Å². The van der Waals surface area contributed by atoms with Gasteiger partial charge in [-0.25, -0.2) is 4.79 Å². The Morgan fingerprint density at radius 3 is 1.62 bits per heavy atom. The minimum absolute atomic E-state index is 0.0111. The molecule has 0 saturated carbocycles. The number of carboxylic acids is 3.